The summed E-state index contributed by atoms with van der Waals surface area (Å²) in [4.78, 5) is 40.1. The third kappa shape index (κ3) is 2.58. The summed E-state index contributed by atoms with van der Waals surface area (Å²) >= 11 is 0. The molecule has 0 aromatic heterocycles. The molecule has 0 radical (unpaired) electrons. The Hall–Kier alpha value is -2.64. The van der Waals surface area contributed by atoms with Crippen molar-refractivity contribution in [3.8, 4) is 0 Å². The van der Waals surface area contributed by atoms with Gasteiger partial charge in [0.1, 0.15) is 6.67 Å². The van der Waals surface area contributed by atoms with Crippen LogP contribution in [0.25, 0.3) is 0 Å². The number of hydrogen-bond acceptors (Lipinski definition) is 3. The summed E-state index contributed by atoms with van der Waals surface area (Å²) in [5.41, 5.74) is 1.01. The second kappa shape index (κ2) is 6.18. The molecule has 6 rings (SSSR count). The Kier molecular flexibility index (Phi) is 3.98. The van der Waals surface area contributed by atoms with E-state index in [1.807, 2.05) is 12.2 Å². The zero-order valence-electron chi connectivity index (χ0n) is 16.5. The third-order valence-electron chi connectivity index (χ3n) is 7.23. The molecule has 2 bridgehead atoms. The van der Waals surface area contributed by atoms with E-state index in [0.717, 1.165) is 11.3 Å². The highest BCUT2D eigenvalue weighted by Gasteiger charge is 2.67. The van der Waals surface area contributed by atoms with Crippen LogP contribution in [0, 0.1) is 49.4 Å². The van der Waals surface area contributed by atoms with Gasteiger partial charge in [0.05, 0.1) is 17.5 Å². The van der Waals surface area contributed by atoms with E-state index in [0.29, 0.717) is 27.9 Å². The highest BCUT2D eigenvalue weighted by atomic mass is 19.4. The number of para-hydroxylation sites is 1. The van der Waals surface area contributed by atoms with Crippen molar-refractivity contribution in [1.29, 1.82) is 0 Å². The van der Waals surface area contributed by atoms with Gasteiger partial charge in [-0.2, -0.15) is 13.2 Å². The fraction of sp³-hybridized carbons (Fsp3) is 0.500. The predicted octanol–water partition coefficient (Wildman–Crippen LogP) is 3.21. The van der Waals surface area contributed by atoms with Gasteiger partial charge in [0, 0.05) is 0 Å². The lowest BCUT2D eigenvalue weighted by molar-refractivity contribution is -0.171. The number of halogens is 3. The molecule has 0 N–H and O–H groups in total. The smallest absolute Gasteiger partial charge is 0.285 e. The number of amides is 3. The van der Waals surface area contributed by atoms with E-state index in [4.69, 9.17) is 0 Å². The van der Waals surface area contributed by atoms with E-state index in [1.54, 1.807) is 32.0 Å². The predicted molar refractivity (Wildman–Crippen MR) is 101 cm³/mol. The van der Waals surface area contributed by atoms with E-state index in [9.17, 15) is 27.6 Å². The molecule has 2 saturated carbocycles. The Labute approximate surface area is 171 Å². The van der Waals surface area contributed by atoms with Crippen LogP contribution in [-0.2, 0) is 14.4 Å². The molecule has 0 unspecified atom stereocenters. The summed E-state index contributed by atoms with van der Waals surface area (Å²) in [6, 6.07) is 4.88. The van der Waals surface area contributed by atoms with Crippen molar-refractivity contribution < 1.29 is 27.6 Å². The fourth-order valence-electron chi connectivity index (χ4n) is 5.92. The molecule has 8 heteroatoms. The maximum Gasteiger partial charge on any atom is 0.471 e. The molecule has 5 nitrogen and oxygen atoms in total. The number of aryl methyl sites for hydroxylation is 2. The van der Waals surface area contributed by atoms with Crippen molar-refractivity contribution in [2.75, 3.05) is 11.6 Å². The average molecular weight is 418 g/mol. The van der Waals surface area contributed by atoms with E-state index >= 15 is 0 Å². The van der Waals surface area contributed by atoms with Crippen LogP contribution in [0.4, 0.5) is 18.9 Å². The topological polar surface area (TPSA) is 57.7 Å². The summed E-state index contributed by atoms with van der Waals surface area (Å²) in [6.07, 6.45) is -0.135. The van der Waals surface area contributed by atoms with Crippen LogP contribution >= 0.6 is 0 Å². The zero-order chi connectivity index (χ0) is 21.5. The highest BCUT2D eigenvalue weighted by molar-refractivity contribution is 6.08. The molecule has 3 fully saturated rings. The number of hydrogen-bond donors (Lipinski definition) is 0. The minimum Gasteiger partial charge on any atom is -0.285 e. The van der Waals surface area contributed by atoms with E-state index in [-0.39, 0.29) is 17.5 Å². The zero-order valence-corrected chi connectivity index (χ0v) is 16.5. The first kappa shape index (κ1) is 19.3. The Morgan fingerprint density at radius 1 is 1.03 bits per heavy atom. The SMILES string of the molecule is Cc1cccc(C)c1N(CN1C(=O)[C@@H]2[C@@H]3C=C[C@H]([C@@H]4C[C@H]34)[C@H]2C1=O)C(=O)C(F)(F)F. The van der Waals surface area contributed by atoms with Gasteiger partial charge in [-0.3, -0.25) is 24.2 Å². The van der Waals surface area contributed by atoms with E-state index in [1.165, 1.54) is 0 Å². The van der Waals surface area contributed by atoms with Gasteiger partial charge < -0.3 is 0 Å². The number of carbonyl (C=O) groups is 3. The van der Waals surface area contributed by atoms with Crippen molar-refractivity contribution in [3.63, 3.8) is 0 Å². The van der Waals surface area contributed by atoms with Crippen LogP contribution in [0.5, 0.6) is 0 Å². The molecule has 4 aliphatic carbocycles. The molecule has 6 atom stereocenters. The molecule has 1 aromatic rings. The lowest BCUT2D eigenvalue weighted by atomic mass is 9.63. The molecule has 5 aliphatic rings. The summed E-state index contributed by atoms with van der Waals surface area (Å²) in [7, 11) is 0. The quantitative estimate of drug-likeness (QED) is 0.560. The minimum atomic E-state index is -5.13. The lowest BCUT2D eigenvalue weighted by Crippen LogP contribution is -2.50. The van der Waals surface area contributed by atoms with Gasteiger partial charge in [-0.1, -0.05) is 30.4 Å². The van der Waals surface area contributed by atoms with Gasteiger partial charge in [0.15, 0.2) is 0 Å². The van der Waals surface area contributed by atoms with Gasteiger partial charge in [-0.05, 0) is 55.1 Å². The number of imide groups is 1. The minimum absolute atomic E-state index is 0.0292. The van der Waals surface area contributed by atoms with Crippen LogP contribution in [0.2, 0.25) is 0 Å². The fourth-order valence-corrected chi connectivity index (χ4v) is 5.92. The maximum absolute atomic E-state index is 13.4. The molecule has 30 heavy (non-hydrogen) atoms. The average Bonchev–Trinajstić information content (AvgIpc) is 3.46. The van der Waals surface area contributed by atoms with Gasteiger partial charge in [-0.25, -0.2) is 0 Å². The summed E-state index contributed by atoms with van der Waals surface area (Å²) in [6.45, 7) is 2.48. The number of likely N-dealkylation sites (tertiary alicyclic amines) is 1. The number of carbonyl (C=O) groups excluding carboxylic acids is 3. The van der Waals surface area contributed by atoms with Crippen LogP contribution in [0.3, 0.4) is 0 Å². The van der Waals surface area contributed by atoms with E-state index < -0.39 is 42.4 Å². The lowest BCUT2D eigenvalue weighted by Gasteiger charge is -2.37. The molecule has 3 amide bonds. The molecular weight excluding hydrogens is 397 g/mol. The first-order valence-corrected chi connectivity index (χ1v) is 10.1. The number of alkyl halides is 3. The van der Waals surface area contributed by atoms with Crippen LogP contribution in [0.15, 0.2) is 30.4 Å². The Morgan fingerprint density at radius 3 is 2.00 bits per heavy atom. The van der Waals surface area contributed by atoms with Gasteiger partial charge in [0.2, 0.25) is 11.8 Å². The Bertz CT molecular complexity index is 946. The largest absolute Gasteiger partial charge is 0.471 e. The highest BCUT2D eigenvalue weighted by Crippen LogP contribution is 2.65. The third-order valence-corrected chi connectivity index (χ3v) is 7.23. The first-order chi connectivity index (χ1) is 14.1. The second-order valence-corrected chi connectivity index (χ2v) is 8.87. The molecule has 1 aliphatic heterocycles. The molecule has 158 valence electrons. The van der Waals surface area contributed by atoms with Crippen molar-refractivity contribution >= 4 is 23.4 Å². The molecule has 1 heterocycles. The molecule has 1 aromatic carbocycles. The van der Waals surface area contributed by atoms with Crippen molar-refractivity contribution in [3.05, 3.63) is 41.5 Å². The summed E-state index contributed by atoms with van der Waals surface area (Å²) in [5, 5.41) is 0. The Balaban J connectivity index is 1.51. The van der Waals surface area contributed by atoms with Crippen molar-refractivity contribution in [2.24, 2.45) is 35.5 Å². The second-order valence-electron chi connectivity index (χ2n) is 8.87. The number of rotatable bonds is 3. The van der Waals surface area contributed by atoms with Crippen LogP contribution < -0.4 is 4.90 Å². The number of benzene rings is 1. The summed E-state index contributed by atoms with van der Waals surface area (Å²) < 4.78 is 40.2. The number of anilines is 1. The van der Waals surface area contributed by atoms with Crippen molar-refractivity contribution in [1.82, 2.24) is 4.90 Å². The number of allylic oxidation sites excluding steroid dienone is 2. The monoisotopic (exact) mass is 418 g/mol. The van der Waals surface area contributed by atoms with Gasteiger partial charge >= 0.3 is 12.1 Å². The van der Waals surface area contributed by atoms with Crippen LogP contribution in [-0.4, -0.2) is 35.5 Å². The standard InChI is InChI=1S/C22H21F3N2O3/c1-10-4-3-5-11(2)18(10)26(21(30)22(23,24)25)9-27-19(28)16-12-6-7-13(15-8-14(12)15)17(16)20(27)29/h3-7,12-17H,8-9H2,1-2H3/t12-,13-,14-,15+,16-,17-/m1/s1. The first-order valence-electron chi connectivity index (χ1n) is 10.1. The van der Waals surface area contributed by atoms with Crippen molar-refractivity contribution in [2.45, 2.75) is 26.4 Å². The van der Waals surface area contributed by atoms with Gasteiger partial charge in [0.25, 0.3) is 0 Å². The number of nitrogens with zero attached hydrogens (tertiary/aromatic N) is 2. The molecular formula is C22H21F3N2O3. The maximum atomic E-state index is 13.4. The normalized spacial score (nSPS) is 33.6. The van der Waals surface area contributed by atoms with Crippen LogP contribution in [0.1, 0.15) is 17.5 Å². The molecule has 1 saturated heterocycles. The Morgan fingerprint density at radius 2 is 1.53 bits per heavy atom. The molecule has 0 spiro atoms. The van der Waals surface area contributed by atoms with E-state index in [2.05, 4.69) is 0 Å². The summed E-state index contributed by atoms with van der Waals surface area (Å²) in [5.74, 6) is -3.30. The van der Waals surface area contributed by atoms with Gasteiger partial charge in [-0.15, -0.1) is 0 Å².